The van der Waals surface area contributed by atoms with Gasteiger partial charge in [0.2, 0.25) is 5.90 Å². The molecule has 1 aliphatic heterocycles. The average Bonchev–Trinajstić information content (AvgIpc) is 3.15. The predicted octanol–water partition coefficient (Wildman–Crippen LogP) is 2.99. The second kappa shape index (κ2) is 5.96. The zero-order chi connectivity index (χ0) is 17.3. The zero-order valence-electron chi connectivity index (χ0n) is 14.1. The summed E-state index contributed by atoms with van der Waals surface area (Å²) in [6, 6.07) is 7.27. The number of ether oxygens (including phenoxy) is 2. The molecule has 0 radical (unpaired) electrons. The molecule has 1 aromatic heterocycles. The first-order valence-corrected chi connectivity index (χ1v) is 7.59. The molecule has 1 aromatic carbocycles. The first-order chi connectivity index (χ1) is 11.4. The lowest BCUT2D eigenvalue weighted by Crippen LogP contribution is -2.21. The quantitative estimate of drug-likeness (QED) is 0.643. The maximum atomic E-state index is 12.1. The highest BCUT2D eigenvalue weighted by atomic mass is 16.6. The summed E-state index contributed by atoms with van der Waals surface area (Å²) < 4.78 is 12.4. The van der Waals surface area contributed by atoms with Crippen LogP contribution in [0.15, 0.2) is 47.3 Å². The molecular formula is C18H19N3O3. The number of aromatic nitrogens is 2. The molecule has 0 atom stereocenters. The van der Waals surface area contributed by atoms with Gasteiger partial charge in [-0.15, -0.1) is 0 Å². The number of nitrogens with zero attached hydrogens (tertiary/aromatic N) is 3. The van der Waals surface area contributed by atoms with E-state index in [1.807, 2.05) is 23.0 Å². The van der Waals surface area contributed by atoms with Gasteiger partial charge in [0, 0.05) is 11.8 Å². The molecule has 1 aliphatic rings. The van der Waals surface area contributed by atoms with Crippen LogP contribution in [0.4, 0.5) is 0 Å². The summed E-state index contributed by atoms with van der Waals surface area (Å²) in [5, 5.41) is 4.31. The topological polar surface area (TPSA) is 65.7 Å². The van der Waals surface area contributed by atoms with Crippen molar-refractivity contribution in [1.29, 1.82) is 0 Å². The van der Waals surface area contributed by atoms with Crippen molar-refractivity contribution in [1.82, 2.24) is 9.78 Å². The number of hydrogen-bond acceptors (Lipinski definition) is 5. The normalized spacial score (nSPS) is 16.2. The molecule has 0 fully saturated rings. The Morgan fingerprint density at radius 1 is 1.25 bits per heavy atom. The molecule has 0 spiro atoms. The third-order valence-corrected chi connectivity index (χ3v) is 3.55. The van der Waals surface area contributed by atoms with E-state index in [2.05, 4.69) is 30.9 Å². The van der Waals surface area contributed by atoms with Gasteiger partial charge in [-0.05, 0) is 39.0 Å². The molecule has 2 aromatic rings. The summed E-state index contributed by atoms with van der Waals surface area (Å²) in [4.78, 5) is 16.4. The van der Waals surface area contributed by atoms with E-state index < -0.39 is 5.97 Å². The third kappa shape index (κ3) is 3.08. The minimum Gasteiger partial charge on any atom is -0.496 e. The lowest BCUT2D eigenvalue weighted by molar-refractivity contribution is -0.129. The second-order valence-electron chi connectivity index (χ2n) is 6.43. The molecule has 6 nitrogen and oxygen atoms in total. The van der Waals surface area contributed by atoms with E-state index in [9.17, 15) is 4.79 Å². The second-order valence-corrected chi connectivity index (χ2v) is 6.43. The number of esters is 1. The highest BCUT2D eigenvalue weighted by molar-refractivity contribution is 6.13. The van der Waals surface area contributed by atoms with Gasteiger partial charge in [-0.3, -0.25) is 4.68 Å². The van der Waals surface area contributed by atoms with E-state index in [-0.39, 0.29) is 17.1 Å². The van der Waals surface area contributed by atoms with E-state index in [0.29, 0.717) is 11.3 Å². The fourth-order valence-electron chi connectivity index (χ4n) is 2.28. The molecular weight excluding hydrogens is 306 g/mol. The van der Waals surface area contributed by atoms with Crippen LogP contribution in [0, 0.1) is 0 Å². The number of para-hydroxylation sites is 1. The van der Waals surface area contributed by atoms with E-state index in [1.54, 1.807) is 31.5 Å². The van der Waals surface area contributed by atoms with Crippen LogP contribution in [-0.2, 0) is 15.1 Å². The lowest BCUT2D eigenvalue weighted by atomic mass is 10.1. The average molecular weight is 325 g/mol. The van der Waals surface area contributed by atoms with Gasteiger partial charge in [-0.25, -0.2) is 9.79 Å². The fraction of sp³-hybridized carbons (Fsp3) is 0.278. The van der Waals surface area contributed by atoms with E-state index >= 15 is 0 Å². The van der Waals surface area contributed by atoms with Crippen molar-refractivity contribution in [2.24, 2.45) is 4.99 Å². The lowest BCUT2D eigenvalue weighted by Gasteiger charge is -2.18. The number of cyclic esters (lactones) is 1. The molecule has 6 heteroatoms. The summed E-state index contributed by atoms with van der Waals surface area (Å²) in [7, 11) is 1.56. The van der Waals surface area contributed by atoms with Crippen LogP contribution >= 0.6 is 0 Å². The minimum absolute atomic E-state index is 0.126. The van der Waals surface area contributed by atoms with Crippen molar-refractivity contribution in [2.45, 2.75) is 26.3 Å². The Balaban J connectivity index is 1.93. The summed E-state index contributed by atoms with van der Waals surface area (Å²) in [6.45, 7) is 6.16. The molecule has 124 valence electrons. The molecule has 0 amide bonds. The SMILES string of the molecule is COc1ccccc1C1=NC(=Cc2cnn(C(C)(C)C)c2)C(=O)O1. The van der Waals surface area contributed by atoms with Gasteiger partial charge < -0.3 is 9.47 Å². The van der Waals surface area contributed by atoms with Crippen molar-refractivity contribution in [3.05, 3.63) is 53.5 Å². The van der Waals surface area contributed by atoms with Gasteiger partial charge in [0.25, 0.3) is 0 Å². The van der Waals surface area contributed by atoms with Gasteiger partial charge in [-0.2, -0.15) is 5.10 Å². The summed E-state index contributed by atoms with van der Waals surface area (Å²) in [5.74, 6) is 0.359. The van der Waals surface area contributed by atoms with Gasteiger partial charge >= 0.3 is 5.97 Å². The predicted molar refractivity (Wildman–Crippen MR) is 90.8 cm³/mol. The monoisotopic (exact) mass is 325 g/mol. The fourth-order valence-corrected chi connectivity index (χ4v) is 2.28. The van der Waals surface area contributed by atoms with Crippen LogP contribution in [0.3, 0.4) is 0 Å². The standard InChI is InChI=1S/C18H19N3O3/c1-18(2,3)21-11-12(10-19-21)9-14-17(22)24-16(20-14)13-7-5-6-8-15(13)23-4/h5-11H,1-4H3. The van der Waals surface area contributed by atoms with E-state index in [4.69, 9.17) is 9.47 Å². The molecule has 3 rings (SSSR count). The highest BCUT2D eigenvalue weighted by Crippen LogP contribution is 2.25. The Hall–Kier alpha value is -2.89. The number of carbonyl (C=O) groups is 1. The molecule has 0 bridgehead atoms. The Morgan fingerprint density at radius 2 is 2.00 bits per heavy atom. The highest BCUT2D eigenvalue weighted by Gasteiger charge is 2.26. The number of hydrogen-bond donors (Lipinski definition) is 0. The molecule has 2 heterocycles. The maximum absolute atomic E-state index is 12.1. The van der Waals surface area contributed by atoms with Crippen molar-refractivity contribution in [3.63, 3.8) is 0 Å². The molecule has 0 saturated heterocycles. The van der Waals surface area contributed by atoms with Gasteiger partial charge in [0.1, 0.15) is 5.75 Å². The van der Waals surface area contributed by atoms with Crippen LogP contribution in [0.25, 0.3) is 6.08 Å². The Kier molecular flexibility index (Phi) is 3.97. The number of carbonyl (C=O) groups excluding carboxylic acids is 1. The summed E-state index contributed by atoms with van der Waals surface area (Å²) >= 11 is 0. The summed E-state index contributed by atoms with van der Waals surface area (Å²) in [5.41, 5.74) is 1.55. The van der Waals surface area contributed by atoms with Crippen molar-refractivity contribution >= 4 is 17.9 Å². The van der Waals surface area contributed by atoms with E-state index in [0.717, 1.165) is 5.56 Å². The van der Waals surface area contributed by atoms with Gasteiger partial charge in [0.05, 0.1) is 24.4 Å². The number of benzene rings is 1. The van der Waals surface area contributed by atoms with E-state index in [1.165, 1.54) is 0 Å². The minimum atomic E-state index is -0.487. The molecule has 24 heavy (non-hydrogen) atoms. The molecule has 0 unspecified atom stereocenters. The van der Waals surface area contributed by atoms with Crippen LogP contribution in [-0.4, -0.2) is 28.8 Å². The Labute approximate surface area is 140 Å². The first-order valence-electron chi connectivity index (χ1n) is 7.59. The van der Waals surface area contributed by atoms with Crippen LogP contribution in [0.5, 0.6) is 5.75 Å². The molecule has 0 N–H and O–H groups in total. The van der Waals surface area contributed by atoms with Gasteiger partial charge in [-0.1, -0.05) is 12.1 Å². The third-order valence-electron chi connectivity index (χ3n) is 3.55. The summed E-state index contributed by atoms with van der Waals surface area (Å²) in [6.07, 6.45) is 5.24. The Morgan fingerprint density at radius 3 is 2.67 bits per heavy atom. The van der Waals surface area contributed by atoms with Crippen LogP contribution < -0.4 is 4.74 Å². The smallest absolute Gasteiger partial charge is 0.363 e. The Bertz CT molecular complexity index is 841. The maximum Gasteiger partial charge on any atom is 0.363 e. The van der Waals surface area contributed by atoms with Crippen LogP contribution in [0.1, 0.15) is 31.9 Å². The zero-order valence-corrected chi connectivity index (χ0v) is 14.1. The van der Waals surface area contributed by atoms with Crippen molar-refractivity contribution < 1.29 is 14.3 Å². The largest absolute Gasteiger partial charge is 0.496 e. The number of aliphatic imine (C=N–C) groups is 1. The first kappa shape index (κ1) is 16.0. The van der Waals surface area contributed by atoms with Gasteiger partial charge in [0.15, 0.2) is 5.70 Å². The number of methoxy groups -OCH3 is 1. The number of rotatable bonds is 3. The molecule has 0 aliphatic carbocycles. The van der Waals surface area contributed by atoms with Crippen molar-refractivity contribution in [2.75, 3.05) is 7.11 Å². The van der Waals surface area contributed by atoms with Crippen molar-refractivity contribution in [3.8, 4) is 5.75 Å². The molecule has 0 saturated carbocycles. The van der Waals surface area contributed by atoms with Crippen LogP contribution in [0.2, 0.25) is 0 Å².